The fourth-order valence-electron chi connectivity index (χ4n) is 2.53. The van der Waals surface area contributed by atoms with Crippen LogP contribution in [0.15, 0.2) is 36.4 Å². The fourth-order valence-corrected chi connectivity index (χ4v) is 2.53. The Kier molecular flexibility index (Phi) is 5.26. The smallest absolute Gasteiger partial charge is 0.267 e. The number of hydrogen-bond acceptors (Lipinski definition) is 2. The molecule has 4 nitrogen and oxygen atoms in total. The highest BCUT2D eigenvalue weighted by Crippen LogP contribution is 2.15. The molecule has 0 radical (unpaired) electrons. The summed E-state index contributed by atoms with van der Waals surface area (Å²) in [6.07, 6.45) is 0. The summed E-state index contributed by atoms with van der Waals surface area (Å²) in [5, 5.41) is 3.00. The van der Waals surface area contributed by atoms with Crippen molar-refractivity contribution in [1.29, 1.82) is 0 Å². The molecule has 2 aromatic rings. The summed E-state index contributed by atoms with van der Waals surface area (Å²) in [5.74, 6) is -0.0177. The lowest BCUT2D eigenvalue weighted by atomic mass is 10.2. The molecule has 0 aliphatic heterocycles. The average Bonchev–Trinajstić information content (AvgIpc) is 2.83. The van der Waals surface area contributed by atoms with Gasteiger partial charge in [0.25, 0.3) is 5.91 Å². The van der Waals surface area contributed by atoms with Crippen LogP contribution < -0.4 is 10.2 Å². The Hall–Kier alpha value is -2.23. The maximum absolute atomic E-state index is 12.2. The second-order valence-corrected chi connectivity index (χ2v) is 5.59. The highest BCUT2D eigenvalue weighted by atomic mass is 16.1. The van der Waals surface area contributed by atoms with Gasteiger partial charge in [-0.2, -0.15) is 0 Å². The first-order valence-corrected chi connectivity index (χ1v) is 7.75. The zero-order valence-corrected chi connectivity index (χ0v) is 13.9. The van der Waals surface area contributed by atoms with Crippen LogP contribution >= 0.6 is 0 Å². The molecule has 0 unspecified atom stereocenters. The molecule has 0 spiro atoms. The number of aromatic nitrogens is 1. The number of hydrogen-bond donors (Lipinski definition) is 1. The minimum Gasteiger partial charge on any atom is -0.370 e. The molecule has 0 saturated heterocycles. The molecule has 0 fully saturated rings. The van der Waals surface area contributed by atoms with Gasteiger partial charge in [-0.25, -0.2) is 0 Å². The monoisotopic (exact) mass is 299 g/mol. The Morgan fingerprint density at radius 2 is 2.00 bits per heavy atom. The summed E-state index contributed by atoms with van der Waals surface area (Å²) < 4.78 is 1.91. The van der Waals surface area contributed by atoms with Gasteiger partial charge in [-0.05, 0) is 50.6 Å². The highest BCUT2D eigenvalue weighted by molar-refractivity contribution is 5.92. The molecule has 1 amide bonds. The molecule has 2 rings (SSSR count). The van der Waals surface area contributed by atoms with E-state index >= 15 is 0 Å². The summed E-state index contributed by atoms with van der Waals surface area (Å²) in [6, 6.07) is 12.3. The topological polar surface area (TPSA) is 37.3 Å². The van der Waals surface area contributed by atoms with Gasteiger partial charge >= 0.3 is 0 Å². The van der Waals surface area contributed by atoms with E-state index in [-0.39, 0.29) is 5.91 Å². The zero-order chi connectivity index (χ0) is 16.1. The summed E-state index contributed by atoms with van der Waals surface area (Å²) >= 11 is 0. The van der Waals surface area contributed by atoms with E-state index in [2.05, 4.69) is 48.3 Å². The van der Waals surface area contributed by atoms with Crippen molar-refractivity contribution in [1.82, 2.24) is 9.88 Å². The number of aryl methyl sites for hydroxylation is 2. The van der Waals surface area contributed by atoms with Crippen LogP contribution in [0.5, 0.6) is 0 Å². The standard InChI is InChI=1S/C18H25N3O/c1-5-21(16-8-6-7-14(2)13-16)12-11-19-18(22)17-10-9-15(3)20(17)4/h6-10,13H,5,11-12H2,1-4H3,(H,19,22). The Balaban J connectivity index is 1.92. The maximum Gasteiger partial charge on any atom is 0.267 e. The minimum absolute atomic E-state index is 0.0177. The number of rotatable bonds is 6. The Bertz CT molecular complexity index is 646. The predicted octanol–water partition coefficient (Wildman–Crippen LogP) is 2.90. The number of anilines is 1. The number of likely N-dealkylation sites (N-methyl/N-ethyl adjacent to an activating group) is 1. The molecular formula is C18H25N3O. The van der Waals surface area contributed by atoms with Crippen molar-refractivity contribution < 1.29 is 4.79 Å². The van der Waals surface area contributed by atoms with Crippen LogP contribution in [-0.2, 0) is 7.05 Å². The third-order valence-electron chi connectivity index (χ3n) is 4.02. The van der Waals surface area contributed by atoms with Crippen LogP contribution in [0.4, 0.5) is 5.69 Å². The third kappa shape index (κ3) is 3.70. The van der Waals surface area contributed by atoms with E-state index in [0.29, 0.717) is 12.2 Å². The molecule has 1 aromatic heterocycles. The lowest BCUT2D eigenvalue weighted by Gasteiger charge is -2.23. The molecule has 0 aliphatic rings. The summed E-state index contributed by atoms with van der Waals surface area (Å²) in [5.41, 5.74) is 4.24. The number of carbonyl (C=O) groups excluding carboxylic acids is 1. The van der Waals surface area contributed by atoms with E-state index < -0.39 is 0 Å². The molecule has 1 aromatic carbocycles. The molecule has 22 heavy (non-hydrogen) atoms. The normalized spacial score (nSPS) is 10.5. The van der Waals surface area contributed by atoms with Gasteiger partial charge in [0.1, 0.15) is 5.69 Å². The molecule has 0 bridgehead atoms. The van der Waals surface area contributed by atoms with Crippen molar-refractivity contribution in [3.63, 3.8) is 0 Å². The maximum atomic E-state index is 12.2. The molecule has 0 atom stereocenters. The lowest BCUT2D eigenvalue weighted by Crippen LogP contribution is -2.35. The summed E-state index contributed by atoms with van der Waals surface area (Å²) in [4.78, 5) is 14.5. The van der Waals surface area contributed by atoms with Crippen molar-refractivity contribution in [3.05, 3.63) is 53.3 Å². The first kappa shape index (κ1) is 16.1. The highest BCUT2D eigenvalue weighted by Gasteiger charge is 2.11. The Morgan fingerprint density at radius 3 is 2.59 bits per heavy atom. The predicted molar refractivity (Wildman–Crippen MR) is 91.5 cm³/mol. The van der Waals surface area contributed by atoms with Crippen molar-refractivity contribution >= 4 is 11.6 Å². The molecule has 1 N–H and O–H groups in total. The van der Waals surface area contributed by atoms with E-state index in [1.54, 1.807) is 0 Å². The Morgan fingerprint density at radius 1 is 1.23 bits per heavy atom. The summed E-state index contributed by atoms with van der Waals surface area (Å²) in [7, 11) is 1.91. The van der Waals surface area contributed by atoms with Crippen LogP contribution in [0.25, 0.3) is 0 Å². The van der Waals surface area contributed by atoms with E-state index in [0.717, 1.165) is 18.8 Å². The third-order valence-corrected chi connectivity index (χ3v) is 4.02. The van der Waals surface area contributed by atoms with Crippen LogP contribution in [0.1, 0.15) is 28.7 Å². The van der Waals surface area contributed by atoms with E-state index in [1.165, 1.54) is 11.3 Å². The number of nitrogens with zero attached hydrogens (tertiary/aromatic N) is 2. The van der Waals surface area contributed by atoms with Crippen molar-refractivity contribution in [3.8, 4) is 0 Å². The average molecular weight is 299 g/mol. The number of amides is 1. The van der Waals surface area contributed by atoms with Crippen molar-refractivity contribution in [2.45, 2.75) is 20.8 Å². The van der Waals surface area contributed by atoms with Gasteiger partial charge in [0, 0.05) is 38.1 Å². The van der Waals surface area contributed by atoms with Crippen molar-refractivity contribution in [2.75, 3.05) is 24.5 Å². The first-order chi connectivity index (χ1) is 10.5. The van der Waals surface area contributed by atoms with E-state index in [9.17, 15) is 4.79 Å². The molecular weight excluding hydrogens is 274 g/mol. The fraction of sp³-hybridized carbons (Fsp3) is 0.389. The van der Waals surface area contributed by atoms with Gasteiger partial charge in [0.2, 0.25) is 0 Å². The Labute approximate surface area is 132 Å². The van der Waals surface area contributed by atoms with Crippen molar-refractivity contribution in [2.24, 2.45) is 7.05 Å². The minimum atomic E-state index is -0.0177. The van der Waals surface area contributed by atoms with Crippen LogP contribution in [0, 0.1) is 13.8 Å². The largest absolute Gasteiger partial charge is 0.370 e. The van der Waals surface area contributed by atoms with E-state index in [1.807, 2.05) is 30.7 Å². The second kappa shape index (κ2) is 7.16. The molecule has 4 heteroatoms. The SMILES string of the molecule is CCN(CCNC(=O)c1ccc(C)n1C)c1cccc(C)c1. The quantitative estimate of drug-likeness (QED) is 0.890. The zero-order valence-electron chi connectivity index (χ0n) is 13.9. The molecule has 1 heterocycles. The number of nitrogens with one attached hydrogen (secondary N) is 1. The van der Waals surface area contributed by atoms with Gasteiger partial charge in [-0.1, -0.05) is 12.1 Å². The lowest BCUT2D eigenvalue weighted by molar-refractivity contribution is 0.0946. The first-order valence-electron chi connectivity index (χ1n) is 7.75. The second-order valence-electron chi connectivity index (χ2n) is 5.59. The summed E-state index contributed by atoms with van der Waals surface area (Å²) in [6.45, 7) is 8.57. The van der Waals surface area contributed by atoms with Crippen LogP contribution in [0.3, 0.4) is 0 Å². The van der Waals surface area contributed by atoms with Gasteiger partial charge in [-0.15, -0.1) is 0 Å². The van der Waals surface area contributed by atoms with Gasteiger partial charge < -0.3 is 14.8 Å². The molecule has 118 valence electrons. The van der Waals surface area contributed by atoms with Crippen LogP contribution in [0.2, 0.25) is 0 Å². The number of carbonyl (C=O) groups is 1. The van der Waals surface area contributed by atoms with Gasteiger partial charge in [0.15, 0.2) is 0 Å². The molecule has 0 aliphatic carbocycles. The molecule has 0 saturated carbocycles. The van der Waals surface area contributed by atoms with E-state index in [4.69, 9.17) is 0 Å². The van der Waals surface area contributed by atoms with Gasteiger partial charge in [-0.3, -0.25) is 4.79 Å². The van der Waals surface area contributed by atoms with Gasteiger partial charge in [0.05, 0.1) is 0 Å². The van der Waals surface area contributed by atoms with Crippen LogP contribution in [-0.4, -0.2) is 30.1 Å². The number of benzene rings is 1.